The van der Waals surface area contributed by atoms with E-state index in [1.807, 2.05) is 32.3 Å². The number of hydrogen-bond acceptors (Lipinski definition) is 6. The van der Waals surface area contributed by atoms with Gasteiger partial charge in [0, 0.05) is 28.9 Å². The van der Waals surface area contributed by atoms with Crippen LogP contribution in [0, 0.1) is 0 Å². The van der Waals surface area contributed by atoms with Crippen molar-refractivity contribution in [2.45, 2.75) is 5.16 Å². The van der Waals surface area contributed by atoms with Gasteiger partial charge in [0.1, 0.15) is 5.52 Å². The molecule has 0 fully saturated rings. The molecule has 0 bridgehead atoms. The Morgan fingerprint density at radius 3 is 2.95 bits per heavy atom. The summed E-state index contributed by atoms with van der Waals surface area (Å²) in [5.41, 5.74) is 9.02. The maximum absolute atomic E-state index is 5.81. The summed E-state index contributed by atoms with van der Waals surface area (Å²) in [7, 11) is 4.09. The minimum absolute atomic E-state index is 0.693. The zero-order valence-electron chi connectivity index (χ0n) is 11.4. The molecule has 0 atom stereocenters. The monoisotopic (exact) mass is 288 g/mol. The number of H-pyrrole nitrogens is 1. The first-order valence-electron chi connectivity index (χ1n) is 6.32. The summed E-state index contributed by atoms with van der Waals surface area (Å²) in [4.78, 5) is 9.89. The quantitative estimate of drug-likeness (QED) is 0.562. The predicted molar refractivity (Wildman–Crippen MR) is 82.9 cm³/mol. The Balaban J connectivity index is 1.93. The molecular weight excluding hydrogens is 272 g/mol. The number of rotatable bonds is 4. The topological polar surface area (TPSA) is 83.7 Å². The Morgan fingerprint density at radius 1 is 1.30 bits per heavy atom. The van der Waals surface area contributed by atoms with E-state index in [0.717, 1.165) is 34.4 Å². The van der Waals surface area contributed by atoms with Gasteiger partial charge in [-0.1, -0.05) is 11.8 Å². The van der Waals surface area contributed by atoms with Crippen LogP contribution < -0.4 is 5.73 Å². The standard InChI is InChI=1S/C13H16N6S/c1-19(2)5-6-20-13-16-12-11(17-18-13)9-7-8(14)3-4-10(9)15-12/h3-4,7H,5-6,14H2,1-2H3,(H,15,16,18). The van der Waals surface area contributed by atoms with E-state index in [9.17, 15) is 0 Å². The van der Waals surface area contributed by atoms with Crippen LogP contribution in [0.5, 0.6) is 0 Å². The van der Waals surface area contributed by atoms with Crippen LogP contribution in [0.25, 0.3) is 22.1 Å². The SMILES string of the molecule is CN(C)CCSc1nnc2c(n1)[nH]c1ccc(N)cc12. The van der Waals surface area contributed by atoms with Crippen LogP contribution in [0.15, 0.2) is 23.4 Å². The molecule has 20 heavy (non-hydrogen) atoms. The second-order valence-corrected chi connectivity index (χ2v) is 5.94. The van der Waals surface area contributed by atoms with Crippen LogP contribution >= 0.6 is 11.8 Å². The molecule has 0 aliphatic rings. The van der Waals surface area contributed by atoms with Gasteiger partial charge in [0.05, 0.1) is 0 Å². The fourth-order valence-corrected chi connectivity index (χ4v) is 2.85. The molecule has 0 saturated carbocycles. The zero-order chi connectivity index (χ0) is 14.1. The van der Waals surface area contributed by atoms with E-state index in [1.165, 1.54) is 0 Å². The summed E-state index contributed by atoms with van der Waals surface area (Å²) in [5, 5.41) is 10.1. The Labute approximate surface area is 120 Å². The number of nitrogens with zero attached hydrogens (tertiary/aromatic N) is 4. The lowest BCUT2D eigenvalue weighted by Gasteiger charge is -2.07. The summed E-state index contributed by atoms with van der Waals surface area (Å²) in [6.07, 6.45) is 0. The molecule has 3 aromatic rings. The van der Waals surface area contributed by atoms with Crippen molar-refractivity contribution in [2.24, 2.45) is 0 Å². The molecule has 0 amide bonds. The van der Waals surface area contributed by atoms with Crippen molar-refractivity contribution in [3.05, 3.63) is 18.2 Å². The Hall–Kier alpha value is -1.86. The Morgan fingerprint density at radius 2 is 2.15 bits per heavy atom. The highest BCUT2D eigenvalue weighted by atomic mass is 32.2. The number of fused-ring (bicyclic) bond motifs is 3. The third-order valence-electron chi connectivity index (χ3n) is 2.99. The Bertz CT molecular complexity index is 751. The minimum atomic E-state index is 0.693. The number of nitrogens with two attached hydrogens (primary N) is 1. The zero-order valence-corrected chi connectivity index (χ0v) is 12.2. The lowest BCUT2D eigenvalue weighted by molar-refractivity contribution is 0.437. The van der Waals surface area contributed by atoms with Gasteiger partial charge in [0.15, 0.2) is 5.65 Å². The largest absolute Gasteiger partial charge is 0.399 e. The Kier molecular flexibility index (Phi) is 3.45. The fourth-order valence-electron chi connectivity index (χ4n) is 1.95. The van der Waals surface area contributed by atoms with Crippen LogP contribution in [0.3, 0.4) is 0 Å². The third-order valence-corrected chi connectivity index (χ3v) is 3.81. The molecular formula is C13H16N6S. The van der Waals surface area contributed by atoms with E-state index >= 15 is 0 Å². The van der Waals surface area contributed by atoms with Crippen LogP contribution in [0.2, 0.25) is 0 Å². The molecule has 1 aromatic carbocycles. The summed E-state index contributed by atoms with van der Waals surface area (Å²) in [5.74, 6) is 0.938. The molecule has 0 spiro atoms. The number of aromatic nitrogens is 4. The van der Waals surface area contributed by atoms with Crippen molar-refractivity contribution in [2.75, 3.05) is 32.1 Å². The highest BCUT2D eigenvalue weighted by Crippen LogP contribution is 2.25. The number of nitrogen functional groups attached to an aromatic ring is 1. The molecule has 2 heterocycles. The van der Waals surface area contributed by atoms with Crippen molar-refractivity contribution in [1.82, 2.24) is 25.1 Å². The molecule has 7 heteroatoms. The van der Waals surface area contributed by atoms with Crippen molar-refractivity contribution in [3.8, 4) is 0 Å². The molecule has 104 valence electrons. The van der Waals surface area contributed by atoms with Crippen LogP contribution in [-0.4, -0.2) is 51.5 Å². The van der Waals surface area contributed by atoms with E-state index < -0.39 is 0 Å². The third kappa shape index (κ3) is 2.54. The average molecular weight is 288 g/mol. The number of nitrogens with one attached hydrogen (secondary N) is 1. The summed E-state index contributed by atoms with van der Waals surface area (Å²) >= 11 is 1.61. The second-order valence-electron chi connectivity index (χ2n) is 4.87. The van der Waals surface area contributed by atoms with Crippen LogP contribution in [0.1, 0.15) is 0 Å². The van der Waals surface area contributed by atoms with Crippen LogP contribution in [-0.2, 0) is 0 Å². The number of benzene rings is 1. The highest BCUT2D eigenvalue weighted by molar-refractivity contribution is 7.99. The summed E-state index contributed by atoms with van der Waals surface area (Å²) in [6.45, 7) is 0.981. The van der Waals surface area contributed by atoms with E-state index in [1.54, 1.807) is 11.8 Å². The first kappa shape index (κ1) is 13.1. The van der Waals surface area contributed by atoms with E-state index in [4.69, 9.17) is 5.73 Å². The van der Waals surface area contributed by atoms with Gasteiger partial charge in [-0.3, -0.25) is 0 Å². The number of aromatic amines is 1. The summed E-state index contributed by atoms with van der Waals surface area (Å²) in [6, 6.07) is 5.69. The number of thioether (sulfide) groups is 1. The van der Waals surface area contributed by atoms with E-state index in [-0.39, 0.29) is 0 Å². The van der Waals surface area contributed by atoms with Gasteiger partial charge < -0.3 is 15.6 Å². The maximum Gasteiger partial charge on any atom is 0.211 e. The lowest BCUT2D eigenvalue weighted by atomic mass is 10.2. The van der Waals surface area contributed by atoms with Crippen molar-refractivity contribution >= 4 is 39.5 Å². The maximum atomic E-state index is 5.81. The van der Waals surface area contributed by atoms with Gasteiger partial charge in [-0.15, -0.1) is 10.2 Å². The summed E-state index contributed by atoms with van der Waals surface area (Å²) < 4.78 is 0. The smallest absolute Gasteiger partial charge is 0.211 e. The predicted octanol–water partition coefficient (Wildman–Crippen LogP) is 1.74. The molecule has 3 N–H and O–H groups in total. The second kappa shape index (κ2) is 5.26. The average Bonchev–Trinajstić information content (AvgIpc) is 2.75. The van der Waals surface area contributed by atoms with Gasteiger partial charge in [-0.05, 0) is 32.3 Å². The van der Waals surface area contributed by atoms with Crippen molar-refractivity contribution in [3.63, 3.8) is 0 Å². The molecule has 0 aliphatic heterocycles. The molecule has 3 rings (SSSR count). The van der Waals surface area contributed by atoms with Gasteiger partial charge in [0.2, 0.25) is 5.16 Å². The number of hydrogen-bond donors (Lipinski definition) is 2. The molecule has 6 nitrogen and oxygen atoms in total. The first-order valence-corrected chi connectivity index (χ1v) is 7.31. The van der Waals surface area contributed by atoms with E-state index in [2.05, 4.69) is 25.1 Å². The van der Waals surface area contributed by atoms with Gasteiger partial charge >= 0.3 is 0 Å². The van der Waals surface area contributed by atoms with Crippen LogP contribution in [0.4, 0.5) is 5.69 Å². The highest BCUT2D eigenvalue weighted by Gasteiger charge is 2.09. The first-order chi connectivity index (χ1) is 9.63. The van der Waals surface area contributed by atoms with Gasteiger partial charge in [-0.2, -0.15) is 0 Å². The van der Waals surface area contributed by atoms with Crippen molar-refractivity contribution < 1.29 is 0 Å². The molecule has 0 aliphatic carbocycles. The normalized spacial score (nSPS) is 11.8. The minimum Gasteiger partial charge on any atom is -0.399 e. The molecule has 0 radical (unpaired) electrons. The number of anilines is 1. The van der Waals surface area contributed by atoms with Gasteiger partial charge in [-0.25, -0.2) is 4.98 Å². The van der Waals surface area contributed by atoms with E-state index in [0.29, 0.717) is 10.8 Å². The molecule has 0 saturated heterocycles. The molecule has 2 aromatic heterocycles. The fraction of sp³-hybridized carbons (Fsp3) is 0.308. The van der Waals surface area contributed by atoms with Gasteiger partial charge in [0.25, 0.3) is 0 Å². The van der Waals surface area contributed by atoms with Crippen molar-refractivity contribution in [1.29, 1.82) is 0 Å². The lowest BCUT2D eigenvalue weighted by Crippen LogP contribution is -2.14. The molecule has 0 unspecified atom stereocenters.